The normalized spacial score (nSPS) is 10.9. The first-order valence-electron chi connectivity index (χ1n) is 9.97. The van der Waals surface area contributed by atoms with Gasteiger partial charge in [0.1, 0.15) is 5.54 Å². The fourth-order valence-corrected chi connectivity index (χ4v) is 2.71. The highest BCUT2D eigenvalue weighted by molar-refractivity contribution is 5.97. The molecule has 0 aromatic heterocycles. The van der Waals surface area contributed by atoms with Crippen molar-refractivity contribution in [3.63, 3.8) is 0 Å². The van der Waals surface area contributed by atoms with Crippen LogP contribution in [0.1, 0.15) is 88.1 Å². The van der Waals surface area contributed by atoms with Crippen molar-refractivity contribution in [2.24, 2.45) is 0 Å². The van der Waals surface area contributed by atoms with Crippen LogP contribution >= 0.6 is 0 Å². The Morgan fingerprint density at radius 1 is 1.00 bits per heavy atom. The second kappa shape index (κ2) is 12.2. The van der Waals surface area contributed by atoms with Crippen molar-refractivity contribution >= 4 is 11.9 Å². The summed E-state index contributed by atoms with van der Waals surface area (Å²) >= 11 is 0. The Morgan fingerprint density at radius 2 is 1.56 bits per heavy atom. The third kappa shape index (κ3) is 8.77. The molecule has 0 spiro atoms. The molecule has 0 aliphatic heterocycles. The van der Waals surface area contributed by atoms with Gasteiger partial charge in [0.2, 0.25) is 0 Å². The Balaban J connectivity index is 2.29. The van der Waals surface area contributed by atoms with Crippen LogP contribution in [0, 0.1) is 12.3 Å². The van der Waals surface area contributed by atoms with E-state index >= 15 is 0 Å². The predicted octanol–water partition coefficient (Wildman–Crippen LogP) is 4.86. The van der Waals surface area contributed by atoms with E-state index in [1.165, 1.54) is 38.5 Å². The molecule has 0 heterocycles. The molecule has 1 amide bonds. The van der Waals surface area contributed by atoms with Crippen LogP contribution in [-0.2, 0) is 9.53 Å². The number of unbranched alkanes of at least 4 members (excludes halogenated alkanes) is 7. The van der Waals surface area contributed by atoms with E-state index < -0.39 is 11.5 Å². The quantitative estimate of drug-likeness (QED) is 0.324. The van der Waals surface area contributed by atoms with Crippen LogP contribution in [0.3, 0.4) is 0 Å². The van der Waals surface area contributed by atoms with Crippen LogP contribution in [0.25, 0.3) is 0 Å². The summed E-state index contributed by atoms with van der Waals surface area (Å²) in [5, 5.41) is 2.73. The minimum atomic E-state index is -1.08. The van der Waals surface area contributed by atoms with Crippen molar-refractivity contribution in [1.82, 2.24) is 5.32 Å². The number of amides is 1. The number of ether oxygens (including phenoxy) is 1. The molecular formula is C23H33NO3. The number of carbonyl (C=O) groups excluding carboxylic acids is 2. The first kappa shape index (κ1) is 22.8. The predicted molar refractivity (Wildman–Crippen MR) is 109 cm³/mol. The summed E-state index contributed by atoms with van der Waals surface area (Å²) in [6.07, 6.45) is 14.8. The molecule has 4 heteroatoms. The molecular weight excluding hydrogens is 338 g/mol. The SMILES string of the molecule is C#Cc1ccc(C(=O)NC(C)(C)C(=O)OCCCCCCCCCC)cc1. The maximum absolute atomic E-state index is 12.3. The number of carbonyl (C=O) groups is 2. The van der Waals surface area contributed by atoms with Crippen LogP contribution in [-0.4, -0.2) is 24.0 Å². The lowest BCUT2D eigenvalue weighted by atomic mass is 10.0. The van der Waals surface area contributed by atoms with E-state index in [2.05, 4.69) is 18.2 Å². The average molecular weight is 372 g/mol. The van der Waals surface area contributed by atoms with Crippen molar-refractivity contribution in [3.8, 4) is 12.3 Å². The van der Waals surface area contributed by atoms with Crippen molar-refractivity contribution in [2.45, 2.75) is 77.7 Å². The standard InChI is InChI=1S/C23H33NO3/c1-5-7-8-9-10-11-12-13-18-27-22(26)23(3,4)24-21(25)20-16-14-19(6-2)15-17-20/h2,14-17H,5,7-13,18H2,1,3-4H3,(H,24,25). The van der Waals surface area contributed by atoms with Crippen LogP contribution < -0.4 is 5.32 Å². The van der Waals surface area contributed by atoms with Crippen molar-refractivity contribution in [3.05, 3.63) is 35.4 Å². The van der Waals surface area contributed by atoms with E-state index in [1.54, 1.807) is 38.1 Å². The maximum Gasteiger partial charge on any atom is 0.331 e. The van der Waals surface area contributed by atoms with Crippen LogP contribution in [0.15, 0.2) is 24.3 Å². The first-order chi connectivity index (χ1) is 12.9. The average Bonchev–Trinajstić information content (AvgIpc) is 2.66. The molecule has 4 nitrogen and oxygen atoms in total. The maximum atomic E-state index is 12.3. The minimum Gasteiger partial charge on any atom is -0.464 e. The van der Waals surface area contributed by atoms with Gasteiger partial charge in [0, 0.05) is 11.1 Å². The number of benzene rings is 1. The van der Waals surface area contributed by atoms with Gasteiger partial charge in [0.05, 0.1) is 6.61 Å². The van der Waals surface area contributed by atoms with E-state index in [0.29, 0.717) is 17.7 Å². The minimum absolute atomic E-state index is 0.326. The number of hydrogen-bond donors (Lipinski definition) is 1. The molecule has 0 radical (unpaired) electrons. The van der Waals surface area contributed by atoms with Gasteiger partial charge in [-0.05, 0) is 44.5 Å². The van der Waals surface area contributed by atoms with Crippen LogP contribution in [0.5, 0.6) is 0 Å². The molecule has 0 bridgehead atoms. The number of hydrogen-bond acceptors (Lipinski definition) is 3. The Kier molecular flexibility index (Phi) is 10.3. The number of nitrogens with one attached hydrogen (secondary N) is 1. The van der Waals surface area contributed by atoms with E-state index in [0.717, 1.165) is 12.8 Å². The zero-order valence-electron chi connectivity index (χ0n) is 17.0. The molecule has 0 fully saturated rings. The summed E-state index contributed by atoms with van der Waals surface area (Å²) in [5.74, 6) is 1.76. The first-order valence-corrected chi connectivity index (χ1v) is 9.97. The number of rotatable bonds is 12. The van der Waals surface area contributed by atoms with Gasteiger partial charge >= 0.3 is 5.97 Å². The van der Waals surface area contributed by atoms with E-state index in [1.807, 2.05) is 0 Å². The Hall–Kier alpha value is -2.28. The van der Waals surface area contributed by atoms with Gasteiger partial charge in [0.15, 0.2) is 0 Å². The van der Waals surface area contributed by atoms with Crippen molar-refractivity contribution in [2.75, 3.05) is 6.61 Å². The third-order valence-corrected chi connectivity index (χ3v) is 4.48. The molecule has 0 unspecified atom stereocenters. The highest BCUT2D eigenvalue weighted by Gasteiger charge is 2.31. The van der Waals surface area contributed by atoms with Gasteiger partial charge in [-0.15, -0.1) is 6.42 Å². The molecule has 1 aromatic rings. The molecule has 0 aliphatic carbocycles. The summed E-state index contributed by atoms with van der Waals surface area (Å²) in [6.45, 7) is 5.91. The zero-order valence-corrected chi connectivity index (χ0v) is 17.0. The van der Waals surface area contributed by atoms with Gasteiger partial charge in [-0.2, -0.15) is 0 Å². The molecule has 1 N–H and O–H groups in total. The van der Waals surface area contributed by atoms with Gasteiger partial charge < -0.3 is 10.1 Å². The van der Waals surface area contributed by atoms with Gasteiger partial charge in [-0.3, -0.25) is 4.79 Å². The van der Waals surface area contributed by atoms with E-state index in [4.69, 9.17) is 11.2 Å². The number of esters is 1. The summed E-state index contributed by atoms with van der Waals surface area (Å²) in [5.41, 5.74) is 0.0794. The lowest BCUT2D eigenvalue weighted by Crippen LogP contribution is -2.50. The molecule has 1 aromatic carbocycles. The largest absolute Gasteiger partial charge is 0.464 e. The molecule has 148 valence electrons. The van der Waals surface area contributed by atoms with Crippen molar-refractivity contribution in [1.29, 1.82) is 0 Å². The Morgan fingerprint density at radius 3 is 2.11 bits per heavy atom. The van der Waals surface area contributed by atoms with E-state index in [9.17, 15) is 9.59 Å². The fourth-order valence-electron chi connectivity index (χ4n) is 2.71. The van der Waals surface area contributed by atoms with Gasteiger partial charge in [-0.25, -0.2) is 4.79 Å². The lowest BCUT2D eigenvalue weighted by Gasteiger charge is -2.24. The highest BCUT2D eigenvalue weighted by atomic mass is 16.5. The molecule has 0 saturated heterocycles. The molecule has 1 rings (SSSR count). The number of terminal acetylenes is 1. The van der Waals surface area contributed by atoms with E-state index in [-0.39, 0.29) is 5.91 Å². The smallest absolute Gasteiger partial charge is 0.331 e. The third-order valence-electron chi connectivity index (χ3n) is 4.48. The van der Waals surface area contributed by atoms with Gasteiger partial charge in [-0.1, -0.05) is 57.8 Å². The molecule has 0 atom stereocenters. The second-order valence-corrected chi connectivity index (χ2v) is 7.41. The van der Waals surface area contributed by atoms with Crippen LogP contribution in [0.4, 0.5) is 0 Å². The molecule has 0 aliphatic rings. The van der Waals surface area contributed by atoms with Crippen molar-refractivity contribution < 1.29 is 14.3 Å². The summed E-state index contributed by atoms with van der Waals surface area (Å²) < 4.78 is 5.35. The zero-order chi connectivity index (χ0) is 20.1. The lowest BCUT2D eigenvalue weighted by molar-refractivity contribution is -0.150. The van der Waals surface area contributed by atoms with Gasteiger partial charge in [0.25, 0.3) is 5.91 Å². The van der Waals surface area contributed by atoms with Crippen LogP contribution in [0.2, 0.25) is 0 Å². The summed E-state index contributed by atoms with van der Waals surface area (Å²) in [7, 11) is 0. The monoisotopic (exact) mass is 371 g/mol. The molecule has 0 saturated carbocycles. The Bertz CT molecular complexity index is 626. The Labute approximate surface area is 164 Å². The highest BCUT2D eigenvalue weighted by Crippen LogP contribution is 2.11. The molecule has 27 heavy (non-hydrogen) atoms. The summed E-state index contributed by atoms with van der Waals surface area (Å²) in [6, 6.07) is 6.68. The topological polar surface area (TPSA) is 55.4 Å². The fraction of sp³-hybridized carbons (Fsp3) is 0.565. The second-order valence-electron chi connectivity index (χ2n) is 7.41. The summed E-state index contributed by atoms with van der Waals surface area (Å²) in [4.78, 5) is 24.6.